The topological polar surface area (TPSA) is 0 Å². The average Bonchev–Trinajstić information content (AvgIpc) is 2.70. The molecule has 3 rings (SSSR count). The number of hydrogen-bond donors (Lipinski definition) is 0. The fraction of sp³-hybridized carbons (Fsp3) is 0.875. The second kappa shape index (κ2) is 3.89. The average molecular weight is 218 g/mol. The Morgan fingerprint density at radius 2 is 2.00 bits per heavy atom. The molecule has 0 aliphatic heterocycles. The van der Waals surface area contributed by atoms with Gasteiger partial charge in [0.05, 0.1) is 0 Å². The van der Waals surface area contributed by atoms with Gasteiger partial charge >= 0.3 is 0 Å². The van der Waals surface area contributed by atoms with E-state index in [1.807, 2.05) is 11.1 Å². The summed E-state index contributed by atoms with van der Waals surface area (Å²) in [6.07, 6.45) is 13.2. The molecule has 0 spiro atoms. The van der Waals surface area contributed by atoms with Crippen molar-refractivity contribution in [1.29, 1.82) is 0 Å². The van der Waals surface area contributed by atoms with E-state index in [0.29, 0.717) is 0 Å². The maximum Gasteiger partial charge on any atom is -0.0167 e. The van der Waals surface area contributed by atoms with Crippen LogP contribution in [0.15, 0.2) is 11.1 Å². The zero-order chi connectivity index (χ0) is 11.2. The third-order valence-electron chi connectivity index (χ3n) is 5.93. The van der Waals surface area contributed by atoms with E-state index in [0.717, 1.165) is 17.3 Å². The number of allylic oxidation sites excluding steroid dienone is 2. The lowest BCUT2D eigenvalue weighted by Crippen LogP contribution is -2.36. The molecule has 16 heavy (non-hydrogen) atoms. The second-order valence-electron chi connectivity index (χ2n) is 6.63. The van der Waals surface area contributed by atoms with Crippen LogP contribution in [0, 0.1) is 17.3 Å². The van der Waals surface area contributed by atoms with Crippen LogP contribution in [0.3, 0.4) is 0 Å². The molecule has 0 N–H and O–H groups in total. The van der Waals surface area contributed by atoms with E-state index in [1.165, 1.54) is 57.8 Å². The van der Waals surface area contributed by atoms with E-state index in [2.05, 4.69) is 13.8 Å². The first-order valence-electron chi connectivity index (χ1n) is 7.45. The van der Waals surface area contributed by atoms with Crippen molar-refractivity contribution < 1.29 is 0 Å². The molecule has 3 atom stereocenters. The molecule has 0 aromatic rings. The van der Waals surface area contributed by atoms with Crippen molar-refractivity contribution in [3.05, 3.63) is 11.1 Å². The molecular formula is C16H26. The minimum absolute atomic E-state index is 0.727. The summed E-state index contributed by atoms with van der Waals surface area (Å²) in [6.45, 7) is 4.95. The van der Waals surface area contributed by atoms with E-state index in [1.54, 1.807) is 0 Å². The van der Waals surface area contributed by atoms with Gasteiger partial charge in [0.25, 0.3) is 0 Å². The van der Waals surface area contributed by atoms with Gasteiger partial charge in [-0.15, -0.1) is 0 Å². The van der Waals surface area contributed by atoms with Crippen LogP contribution < -0.4 is 0 Å². The van der Waals surface area contributed by atoms with Crippen molar-refractivity contribution in [2.24, 2.45) is 17.3 Å². The van der Waals surface area contributed by atoms with Crippen molar-refractivity contribution >= 4 is 0 Å². The van der Waals surface area contributed by atoms with Gasteiger partial charge in [-0.25, -0.2) is 0 Å². The molecule has 0 radical (unpaired) electrons. The molecule has 0 aromatic carbocycles. The standard InChI is InChI=1S/C16H26/c1-3-12-6-4-7-14-13(12)9-11-16(2)10-5-8-15(14)16/h14-15H,3-11H2,1-2H3. The second-order valence-corrected chi connectivity index (χ2v) is 6.63. The van der Waals surface area contributed by atoms with Crippen LogP contribution in [-0.2, 0) is 0 Å². The highest BCUT2D eigenvalue weighted by atomic mass is 14.5. The Hall–Kier alpha value is -0.260. The van der Waals surface area contributed by atoms with E-state index in [4.69, 9.17) is 0 Å². The molecule has 3 aliphatic rings. The molecule has 0 bridgehead atoms. The molecule has 90 valence electrons. The zero-order valence-electron chi connectivity index (χ0n) is 11.0. The lowest BCUT2D eigenvalue weighted by Gasteiger charge is -2.46. The summed E-state index contributed by atoms with van der Waals surface area (Å²) >= 11 is 0. The van der Waals surface area contributed by atoms with Crippen molar-refractivity contribution in [2.75, 3.05) is 0 Å². The number of hydrogen-bond acceptors (Lipinski definition) is 0. The normalized spacial score (nSPS) is 43.1. The molecule has 2 fully saturated rings. The van der Waals surface area contributed by atoms with Gasteiger partial charge in [-0.3, -0.25) is 0 Å². The molecule has 0 heterocycles. The van der Waals surface area contributed by atoms with Crippen LogP contribution >= 0.6 is 0 Å². The Balaban J connectivity index is 1.94. The third kappa shape index (κ3) is 1.49. The fourth-order valence-corrected chi connectivity index (χ4v) is 5.02. The Labute approximate surface area is 101 Å². The zero-order valence-corrected chi connectivity index (χ0v) is 11.0. The molecule has 0 heteroatoms. The lowest BCUT2D eigenvalue weighted by atomic mass is 9.59. The van der Waals surface area contributed by atoms with E-state index < -0.39 is 0 Å². The van der Waals surface area contributed by atoms with Crippen LogP contribution in [0.1, 0.15) is 71.6 Å². The van der Waals surface area contributed by atoms with Crippen molar-refractivity contribution in [3.8, 4) is 0 Å². The number of rotatable bonds is 1. The summed E-state index contributed by atoms with van der Waals surface area (Å²) in [5, 5.41) is 0. The predicted molar refractivity (Wildman–Crippen MR) is 69.3 cm³/mol. The summed E-state index contributed by atoms with van der Waals surface area (Å²) in [6, 6.07) is 0. The van der Waals surface area contributed by atoms with E-state index >= 15 is 0 Å². The first kappa shape index (κ1) is 10.9. The summed E-state index contributed by atoms with van der Waals surface area (Å²) < 4.78 is 0. The van der Waals surface area contributed by atoms with E-state index in [9.17, 15) is 0 Å². The minimum atomic E-state index is 0.727. The van der Waals surface area contributed by atoms with Crippen molar-refractivity contribution in [2.45, 2.75) is 71.6 Å². The highest BCUT2D eigenvalue weighted by molar-refractivity contribution is 5.25. The molecule has 3 unspecified atom stereocenters. The summed E-state index contributed by atoms with van der Waals surface area (Å²) in [4.78, 5) is 0. The Morgan fingerprint density at radius 3 is 2.81 bits per heavy atom. The molecular weight excluding hydrogens is 192 g/mol. The molecule has 0 amide bonds. The van der Waals surface area contributed by atoms with Gasteiger partial charge in [0, 0.05) is 0 Å². The van der Waals surface area contributed by atoms with Gasteiger partial charge in [-0.2, -0.15) is 0 Å². The third-order valence-corrected chi connectivity index (χ3v) is 5.93. The molecule has 0 nitrogen and oxygen atoms in total. The van der Waals surface area contributed by atoms with Crippen LogP contribution in [-0.4, -0.2) is 0 Å². The Morgan fingerprint density at radius 1 is 1.12 bits per heavy atom. The highest BCUT2D eigenvalue weighted by Crippen LogP contribution is 2.58. The SMILES string of the molecule is CCC1=C2CCC3(C)CCCC3C2CCC1. The first-order chi connectivity index (χ1) is 7.74. The van der Waals surface area contributed by atoms with Gasteiger partial charge in [-0.1, -0.05) is 31.4 Å². The summed E-state index contributed by atoms with van der Waals surface area (Å²) in [7, 11) is 0. The van der Waals surface area contributed by atoms with Crippen LogP contribution in [0.25, 0.3) is 0 Å². The molecule has 0 aromatic heterocycles. The molecule has 0 saturated heterocycles. The van der Waals surface area contributed by atoms with Gasteiger partial charge in [0.15, 0.2) is 0 Å². The smallest absolute Gasteiger partial charge is 0.0167 e. The Kier molecular flexibility index (Phi) is 2.64. The fourth-order valence-electron chi connectivity index (χ4n) is 5.02. The monoisotopic (exact) mass is 218 g/mol. The maximum absolute atomic E-state index is 2.58. The largest absolute Gasteiger partial charge is 0.0710 e. The van der Waals surface area contributed by atoms with Crippen molar-refractivity contribution in [1.82, 2.24) is 0 Å². The predicted octanol–water partition coefficient (Wildman–Crippen LogP) is 5.09. The minimum Gasteiger partial charge on any atom is -0.0710 e. The highest BCUT2D eigenvalue weighted by Gasteiger charge is 2.47. The van der Waals surface area contributed by atoms with Crippen molar-refractivity contribution in [3.63, 3.8) is 0 Å². The lowest BCUT2D eigenvalue weighted by molar-refractivity contribution is 0.115. The van der Waals surface area contributed by atoms with Gasteiger partial charge in [0.2, 0.25) is 0 Å². The number of fused-ring (bicyclic) bond motifs is 3. The van der Waals surface area contributed by atoms with Gasteiger partial charge in [0.1, 0.15) is 0 Å². The van der Waals surface area contributed by atoms with E-state index in [-0.39, 0.29) is 0 Å². The van der Waals surface area contributed by atoms with Crippen LogP contribution in [0.4, 0.5) is 0 Å². The quantitative estimate of drug-likeness (QED) is 0.538. The summed E-state index contributed by atoms with van der Waals surface area (Å²) in [5.74, 6) is 2.06. The molecule has 2 saturated carbocycles. The van der Waals surface area contributed by atoms with Gasteiger partial charge in [-0.05, 0) is 68.6 Å². The van der Waals surface area contributed by atoms with Gasteiger partial charge < -0.3 is 0 Å². The molecule has 3 aliphatic carbocycles. The van der Waals surface area contributed by atoms with Crippen LogP contribution in [0.5, 0.6) is 0 Å². The van der Waals surface area contributed by atoms with Crippen LogP contribution in [0.2, 0.25) is 0 Å². The Bertz CT molecular complexity index is 312. The maximum atomic E-state index is 2.58. The summed E-state index contributed by atoms with van der Waals surface area (Å²) in [5.41, 5.74) is 4.51. The first-order valence-corrected chi connectivity index (χ1v) is 7.45.